The van der Waals surface area contributed by atoms with Crippen LogP contribution in [-0.4, -0.2) is 74.7 Å². The number of carbonyl (C=O) groups is 1. The molecule has 2 saturated heterocycles. The summed E-state index contributed by atoms with van der Waals surface area (Å²) in [5.41, 5.74) is 0.854. The first-order chi connectivity index (χ1) is 18.8. The lowest BCUT2D eigenvalue weighted by Gasteiger charge is -2.59. The number of carbonyl (C=O) groups excluding carboxylic acids is 1. The fourth-order valence-electron chi connectivity index (χ4n) is 7.70. The highest BCUT2D eigenvalue weighted by Crippen LogP contribution is 2.71. The zero-order chi connectivity index (χ0) is 27.6. The molecule has 39 heavy (non-hydrogen) atoms. The van der Waals surface area contributed by atoms with Gasteiger partial charge in [-0.2, -0.15) is 0 Å². The van der Waals surface area contributed by atoms with Gasteiger partial charge >= 0.3 is 5.97 Å². The molecule has 1 saturated carbocycles. The molecule has 3 fully saturated rings. The fourth-order valence-corrected chi connectivity index (χ4v) is 7.70. The van der Waals surface area contributed by atoms with Crippen molar-refractivity contribution in [3.8, 4) is 23.0 Å². The number of nitrogens with one attached hydrogen (secondary N) is 1. The molecule has 1 spiro atoms. The first kappa shape index (κ1) is 25.9. The summed E-state index contributed by atoms with van der Waals surface area (Å²) in [6.07, 6.45) is 2.70. The third-order valence-electron chi connectivity index (χ3n) is 9.12. The van der Waals surface area contributed by atoms with Crippen LogP contribution in [0, 0.1) is 0 Å². The molecule has 2 bridgehead atoms. The maximum atomic E-state index is 13.1. The van der Waals surface area contributed by atoms with Gasteiger partial charge in [-0.1, -0.05) is 12.1 Å². The van der Waals surface area contributed by atoms with E-state index >= 15 is 0 Å². The van der Waals surface area contributed by atoms with Crippen molar-refractivity contribution in [2.45, 2.75) is 54.3 Å². The summed E-state index contributed by atoms with van der Waals surface area (Å²) in [6, 6.07) is 8.52. The van der Waals surface area contributed by atoms with E-state index < -0.39 is 34.9 Å². The van der Waals surface area contributed by atoms with Crippen molar-refractivity contribution in [2.24, 2.45) is 0 Å². The molecule has 3 N–H and O–H groups in total. The van der Waals surface area contributed by atoms with E-state index in [-0.39, 0.29) is 17.6 Å². The molecule has 2 aliphatic carbocycles. The van der Waals surface area contributed by atoms with Gasteiger partial charge in [-0.25, -0.2) is 4.79 Å². The summed E-state index contributed by atoms with van der Waals surface area (Å²) in [4.78, 5) is 13.1. The number of hydrogen-bond acceptors (Lipinski definition) is 10. The number of esters is 1. The van der Waals surface area contributed by atoms with Crippen LogP contribution in [0.15, 0.2) is 36.4 Å². The van der Waals surface area contributed by atoms with Crippen molar-refractivity contribution in [1.29, 1.82) is 0 Å². The number of hydrogen-bond donors (Lipinski definition) is 3. The van der Waals surface area contributed by atoms with E-state index in [1.807, 2.05) is 6.07 Å². The van der Waals surface area contributed by atoms with Gasteiger partial charge < -0.3 is 44.0 Å². The summed E-state index contributed by atoms with van der Waals surface area (Å²) in [6.45, 7) is 0.662. The largest absolute Gasteiger partial charge is 0.504 e. The molecule has 2 aromatic carbocycles. The highest BCUT2D eigenvalue weighted by Gasteiger charge is 2.81. The minimum Gasteiger partial charge on any atom is -0.504 e. The van der Waals surface area contributed by atoms with Crippen LogP contribution in [-0.2, 0) is 29.2 Å². The highest BCUT2D eigenvalue weighted by atomic mass is 16.7. The highest BCUT2D eigenvalue weighted by molar-refractivity contribution is 5.87. The predicted molar refractivity (Wildman–Crippen MR) is 139 cm³/mol. The Morgan fingerprint density at radius 2 is 1.85 bits per heavy atom. The van der Waals surface area contributed by atoms with Gasteiger partial charge in [-0.15, -0.1) is 0 Å². The van der Waals surface area contributed by atoms with Crippen LogP contribution >= 0.6 is 0 Å². The average Bonchev–Trinajstić information content (AvgIpc) is 3.48. The summed E-state index contributed by atoms with van der Waals surface area (Å²) in [5, 5.41) is 25.2. The second kappa shape index (κ2) is 9.12. The Hall–Kier alpha value is -3.31. The van der Waals surface area contributed by atoms with Crippen LogP contribution in [0.4, 0.5) is 0 Å². The summed E-state index contributed by atoms with van der Waals surface area (Å²) >= 11 is 0. The Morgan fingerprint density at radius 1 is 1.08 bits per heavy atom. The van der Waals surface area contributed by atoms with Gasteiger partial charge in [0.15, 0.2) is 23.0 Å². The van der Waals surface area contributed by atoms with Gasteiger partial charge in [0.05, 0.1) is 25.9 Å². The Balaban J connectivity index is 1.39. The van der Waals surface area contributed by atoms with Crippen LogP contribution in [0.25, 0.3) is 6.08 Å². The summed E-state index contributed by atoms with van der Waals surface area (Å²) in [7, 11) is 6.13. The van der Waals surface area contributed by atoms with Gasteiger partial charge in [0, 0.05) is 37.7 Å². The molecule has 2 aromatic rings. The zero-order valence-corrected chi connectivity index (χ0v) is 22.4. The lowest BCUT2D eigenvalue weighted by atomic mass is 9.50. The third-order valence-corrected chi connectivity index (χ3v) is 9.12. The molecule has 0 radical (unpaired) electrons. The lowest BCUT2D eigenvalue weighted by molar-refractivity contribution is -0.328. The van der Waals surface area contributed by atoms with Gasteiger partial charge in [0.2, 0.25) is 5.79 Å². The molecule has 0 aromatic heterocycles. The number of fused-ring (bicyclic) bond motifs is 3. The molecular formula is C29H33NO9. The average molecular weight is 540 g/mol. The maximum absolute atomic E-state index is 13.1. The van der Waals surface area contributed by atoms with Crippen molar-refractivity contribution in [2.75, 3.05) is 35.0 Å². The number of ether oxygens (including phenoxy) is 6. The number of methoxy groups -OCH3 is 4. The molecule has 208 valence electrons. The smallest absolute Gasteiger partial charge is 0.331 e. The third kappa shape index (κ3) is 3.32. The second-order valence-electron chi connectivity index (χ2n) is 10.5. The number of benzene rings is 2. The maximum Gasteiger partial charge on any atom is 0.331 e. The van der Waals surface area contributed by atoms with Crippen molar-refractivity contribution in [1.82, 2.24) is 5.32 Å². The Bertz CT molecular complexity index is 1340. The van der Waals surface area contributed by atoms with E-state index in [1.165, 1.54) is 26.4 Å². The first-order valence-corrected chi connectivity index (χ1v) is 13.0. The standard InChI is InChI=1S/C29H33NO9/c1-34-19-8-5-16(13-18(19)31)6-10-23(32)38-22-14-27-11-12-30-28(27)15-21(39-29(28,37-4)26(22)36-3)17-7-9-20(35-2)25(33)24(17)27/h5-10,13,21-22,26,30-31,33H,11-12,14-15H2,1-4H3/b10-6+/t21-,22+,26?,27?,28?,29+/m1/s1. The Morgan fingerprint density at radius 3 is 2.54 bits per heavy atom. The lowest BCUT2D eigenvalue weighted by Crippen LogP contribution is -2.78. The van der Waals surface area contributed by atoms with E-state index in [2.05, 4.69) is 5.32 Å². The molecular weight excluding hydrogens is 506 g/mol. The van der Waals surface area contributed by atoms with Crippen LogP contribution < -0.4 is 14.8 Å². The van der Waals surface area contributed by atoms with Crippen LogP contribution in [0.1, 0.15) is 42.1 Å². The molecule has 0 amide bonds. The van der Waals surface area contributed by atoms with Gasteiger partial charge in [0.1, 0.15) is 12.2 Å². The molecule has 10 heteroatoms. The minimum absolute atomic E-state index is 0.0333. The molecule has 3 unspecified atom stereocenters. The molecule has 2 heterocycles. The number of aromatic hydroxyl groups is 2. The van der Waals surface area contributed by atoms with Gasteiger partial charge in [-0.3, -0.25) is 0 Å². The molecule has 4 aliphatic rings. The number of phenols is 2. The Kier molecular flexibility index (Phi) is 6.07. The van der Waals surface area contributed by atoms with E-state index in [0.29, 0.717) is 42.9 Å². The summed E-state index contributed by atoms with van der Waals surface area (Å²) < 4.78 is 35.5. The monoisotopic (exact) mass is 539 g/mol. The number of phenolic OH excluding ortho intramolecular Hbond substituents is 2. The molecule has 6 atom stereocenters. The molecule has 10 nitrogen and oxygen atoms in total. The summed E-state index contributed by atoms with van der Waals surface area (Å²) in [5.74, 6) is -1.11. The van der Waals surface area contributed by atoms with E-state index in [4.69, 9.17) is 28.4 Å². The van der Waals surface area contributed by atoms with Crippen molar-refractivity contribution >= 4 is 12.0 Å². The molecule has 6 rings (SSSR count). The zero-order valence-electron chi connectivity index (χ0n) is 22.4. The van der Waals surface area contributed by atoms with Crippen LogP contribution in [0.3, 0.4) is 0 Å². The number of rotatable bonds is 7. The Labute approximate surface area is 226 Å². The van der Waals surface area contributed by atoms with E-state index in [0.717, 1.165) is 11.1 Å². The van der Waals surface area contributed by atoms with Crippen molar-refractivity contribution in [3.05, 3.63) is 53.1 Å². The van der Waals surface area contributed by atoms with E-state index in [1.54, 1.807) is 38.5 Å². The van der Waals surface area contributed by atoms with Gasteiger partial charge in [-0.05, 0) is 54.8 Å². The van der Waals surface area contributed by atoms with Crippen LogP contribution in [0.2, 0.25) is 0 Å². The topological polar surface area (TPSA) is 125 Å². The minimum atomic E-state index is -1.28. The second-order valence-corrected chi connectivity index (χ2v) is 10.5. The SMILES string of the molecule is COc1ccc(/C=C/C(=O)O[C@H]2CC34CCNC35C[C@@H](O[C@@]5(OC)C2OC)c2ccc(OC)c(O)c24)cc1O. The quantitative estimate of drug-likeness (QED) is 0.357. The molecule has 2 aliphatic heterocycles. The van der Waals surface area contributed by atoms with Crippen molar-refractivity contribution < 1.29 is 43.4 Å². The van der Waals surface area contributed by atoms with Crippen molar-refractivity contribution in [3.63, 3.8) is 0 Å². The fraction of sp³-hybridized carbons (Fsp3) is 0.483. The first-order valence-electron chi connectivity index (χ1n) is 13.0. The van der Waals surface area contributed by atoms with Gasteiger partial charge in [0.25, 0.3) is 0 Å². The van der Waals surface area contributed by atoms with E-state index in [9.17, 15) is 15.0 Å². The normalized spacial score (nSPS) is 34.0. The predicted octanol–water partition coefficient (Wildman–Crippen LogP) is 2.95. The van der Waals surface area contributed by atoms with Crippen LogP contribution in [0.5, 0.6) is 23.0 Å².